The van der Waals surface area contributed by atoms with Gasteiger partial charge in [-0.1, -0.05) is 55.4 Å². The van der Waals surface area contributed by atoms with Gasteiger partial charge < -0.3 is 0 Å². The van der Waals surface area contributed by atoms with Crippen molar-refractivity contribution in [2.45, 2.75) is 55.4 Å². The smallest absolute Gasteiger partial charge is 0.268 e. The Hall–Kier alpha value is -0.0805. The topological polar surface area (TPSA) is 13.0 Å². The van der Waals surface area contributed by atoms with Crippen molar-refractivity contribution < 1.29 is 17.1 Å². The van der Waals surface area contributed by atoms with Crippen LogP contribution in [0.1, 0.15) is 55.4 Å². The molecule has 7 heteroatoms. The Bertz CT molecular complexity index is 568. The standard InChI is InChI=1S/2C13H24N2P.Fe/c2*1-5-14(6-2)16(15(7-3)8-4)13-11-9-10-12-13;/h2*9-12H,5-8H2,1-4H3;/q2*-1;+2. The van der Waals surface area contributed by atoms with E-state index in [1.54, 1.807) is 0 Å². The first-order valence-electron chi connectivity index (χ1n) is 12.6. The molecule has 33 heavy (non-hydrogen) atoms. The van der Waals surface area contributed by atoms with Crippen LogP contribution in [0.2, 0.25) is 0 Å². The van der Waals surface area contributed by atoms with Crippen molar-refractivity contribution in [3.8, 4) is 0 Å². The second-order valence-electron chi connectivity index (χ2n) is 7.42. The zero-order chi connectivity index (χ0) is 23.9. The average Bonchev–Trinajstić information content (AvgIpc) is 3.55. The van der Waals surface area contributed by atoms with Gasteiger partial charge in [-0.05, 0) is 0 Å². The van der Waals surface area contributed by atoms with Gasteiger partial charge in [0.05, 0.1) is 0 Å². The predicted octanol–water partition coefficient (Wildman–Crippen LogP) is 6.05. The van der Waals surface area contributed by atoms with Crippen molar-refractivity contribution in [1.29, 1.82) is 0 Å². The van der Waals surface area contributed by atoms with Crippen molar-refractivity contribution in [2.75, 3.05) is 52.4 Å². The van der Waals surface area contributed by atoms with Crippen molar-refractivity contribution >= 4 is 27.1 Å². The summed E-state index contributed by atoms with van der Waals surface area (Å²) in [6.07, 6.45) is 0. The van der Waals surface area contributed by atoms with E-state index in [4.69, 9.17) is 0 Å². The van der Waals surface area contributed by atoms with Crippen LogP contribution in [0.5, 0.6) is 0 Å². The van der Waals surface area contributed by atoms with E-state index < -0.39 is 0 Å². The Labute approximate surface area is 218 Å². The van der Waals surface area contributed by atoms with E-state index in [0.29, 0.717) is 0 Å². The van der Waals surface area contributed by atoms with E-state index in [-0.39, 0.29) is 33.5 Å². The molecule has 0 heterocycles. The first-order chi connectivity index (χ1) is 15.6. The molecule has 0 bridgehead atoms. The quantitative estimate of drug-likeness (QED) is 0.166. The third-order valence-electron chi connectivity index (χ3n) is 5.74. The van der Waals surface area contributed by atoms with E-state index in [1.165, 1.54) is 10.6 Å². The number of hydrogen-bond donors (Lipinski definition) is 0. The summed E-state index contributed by atoms with van der Waals surface area (Å²) < 4.78 is 10.3. The molecule has 0 spiro atoms. The number of rotatable bonds is 14. The molecule has 0 saturated carbocycles. The van der Waals surface area contributed by atoms with Crippen molar-refractivity contribution in [3.05, 3.63) is 48.5 Å². The van der Waals surface area contributed by atoms with Crippen LogP contribution in [0.4, 0.5) is 0 Å². The largest absolute Gasteiger partial charge is 2.00 e. The summed E-state index contributed by atoms with van der Waals surface area (Å²) in [6.45, 7) is 27.1. The summed E-state index contributed by atoms with van der Waals surface area (Å²) in [5.74, 6) is 0. The van der Waals surface area contributed by atoms with E-state index in [1.807, 2.05) is 0 Å². The molecule has 0 fully saturated rings. The van der Waals surface area contributed by atoms with Crippen LogP contribution in [0.25, 0.3) is 0 Å². The van der Waals surface area contributed by atoms with Crippen LogP contribution < -0.4 is 10.6 Å². The molecule has 0 aromatic heterocycles. The molecule has 0 aliphatic carbocycles. The second kappa shape index (κ2) is 19.1. The SMILES string of the molecule is CCN(CC)P(c1ccc[cH-]1)N(CC)CC.CCN(CC)P(c1ccc[cH-]1)N(CC)CC.[Fe+2]. The number of hydrogen-bond acceptors (Lipinski definition) is 4. The second-order valence-corrected chi connectivity index (χ2v) is 11.9. The first-order valence-corrected chi connectivity index (χ1v) is 15.1. The summed E-state index contributed by atoms with van der Waals surface area (Å²) in [5.41, 5.74) is 0. The zero-order valence-electron chi connectivity index (χ0n) is 22.3. The van der Waals surface area contributed by atoms with E-state index in [2.05, 4.69) is 123 Å². The minimum atomic E-state index is -0.279. The van der Waals surface area contributed by atoms with Crippen LogP contribution in [-0.2, 0) is 17.1 Å². The maximum atomic E-state index is 2.58. The summed E-state index contributed by atoms with van der Waals surface area (Å²) in [5, 5.41) is 2.98. The predicted molar refractivity (Wildman–Crippen MR) is 149 cm³/mol. The van der Waals surface area contributed by atoms with Crippen molar-refractivity contribution in [2.24, 2.45) is 0 Å². The molecular formula is C26H48FeN4P2. The molecule has 2 aromatic carbocycles. The summed E-state index contributed by atoms with van der Waals surface area (Å²) in [7, 11) is -0.559. The van der Waals surface area contributed by atoms with Gasteiger partial charge in [-0.2, -0.15) is 24.3 Å². The van der Waals surface area contributed by atoms with Crippen LogP contribution in [0.3, 0.4) is 0 Å². The van der Waals surface area contributed by atoms with E-state index in [9.17, 15) is 0 Å². The van der Waals surface area contributed by atoms with Crippen LogP contribution in [0, 0.1) is 0 Å². The minimum absolute atomic E-state index is 0. The molecule has 0 aliphatic heterocycles. The minimum Gasteiger partial charge on any atom is -0.268 e. The van der Waals surface area contributed by atoms with Gasteiger partial charge in [-0.3, -0.25) is 18.7 Å². The zero-order valence-corrected chi connectivity index (χ0v) is 25.2. The third-order valence-corrected chi connectivity index (χ3v) is 11.7. The molecule has 4 nitrogen and oxygen atoms in total. The fraction of sp³-hybridized carbons (Fsp3) is 0.615. The maximum Gasteiger partial charge on any atom is 2.00 e. The summed E-state index contributed by atoms with van der Waals surface area (Å²) >= 11 is 0. The monoisotopic (exact) mass is 534 g/mol. The van der Waals surface area contributed by atoms with Crippen LogP contribution in [0.15, 0.2) is 48.5 Å². The van der Waals surface area contributed by atoms with Crippen molar-refractivity contribution in [1.82, 2.24) is 18.7 Å². The van der Waals surface area contributed by atoms with Crippen molar-refractivity contribution in [3.63, 3.8) is 0 Å². The van der Waals surface area contributed by atoms with Gasteiger partial charge in [-0.15, -0.1) is 10.6 Å². The number of nitrogens with zero attached hydrogens (tertiary/aromatic N) is 4. The molecule has 0 amide bonds. The molecule has 0 aliphatic rings. The Morgan fingerprint density at radius 3 is 0.909 bits per heavy atom. The van der Waals surface area contributed by atoms with Gasteiger partial charge in [-0.25, -0.2) is 24.3 Å². The molecular weight excluding hydrogens is 486 g/mol. The molecule has 0 atom stereocenters. The Kier molecular flexibility index (Phi) is 19.1. The molecule has 0 N–H and O–H groups in total. The Morgan fingerprint density at radius 1 is 0.515 bits per heavy atom. The summed E-state index contributed by atoms with van der Waals surface area (Å²) in [4.78, 5) is 0. The fourth-order valence-electron chi connectivity index (χ4n) is 3.97. The fourth-order valence-corrected chi connectivity index (χ4v) is 9.01. The molecule has 0 radical (unpaired) electrons. The average molecular weight is 534 g/mol. The Balaban J connectivity index is 0.000000602. The molecule has 0 unspecified atom stereocenters. The van der Waals surface area contributed by atoms with E-state index >= 15 is 0 Å². The van der Waals surface area contributed by atoms with Crippen LogP contribution >= 0.6 is 16.4 Å². The molecule has 2 aromatic rings. The van der Waals surface area contributed by atoms with Gasteiger partial charge in [0.15, 0.2) is 0 Å². The van der Waals surface area contributed by atoms with Gasteiger partial charge in [0.25, 0.3) is 0 Å². The summed E-state index contributed by atoms with van der Waals surface area (Å²) in [6, 6.07) is 17.7. The van der Waals surface area contributed by atoms with Crippen LogP contribution in [-0.4, -0.2) is 71.0 Å². The van der Waals surface area contributed by atoms with Gasteiger partial charge >= 0.3 is 17.1 Å². The van der Waals surface area contributed by atoms with E-state index in [0.717, 1.165) is 52.4 Å². The van der Waals surface area contributed by atoms with Gasteiger partial charge in [0, 0.05) is 68.8 Å². The molecule has 190 valence electrons. The first kappa shape index (κ1) is 32.9. The van der Waals surface area contributed by atoms with Gasteiger partial charge in [0.1, 0.15) is 0 Å². The van der Waals surface area contributed by atoms with Gasteiger partial charge in [0.2, 0.25) is 0 Å². The normalized spacial score (nSPS) is 11.6. The third kappa shape index (κ3) is 9.83. The Morgan fingerprint density at radius 2 is 0.758 bits per heavy atom. The molecule has 2 rings (SSSR count). The maximum absolute atomic E-state index is 2.58. The molecule has 0 saturated heterocycles.